The Hall–Kier alpha value is -3.16. The molecule has 1 aliphatic rings. The van der Waals surface area contributed by atoms with Crippen LogP contribution in [-0.4, -0.2) is 99.6 Å². The van der Waals surface area contributed by atoms with Gasteiger partial charge in [0.25, 0.3) is 0 Å². The van der Waals surface area contributed by atoms with Crippen LogP contribution >= 0.6 is 0 Å². The van der Waals surface area contributed by atoms with Gasteiger partial charge in [-0.25, -0.2) is 0 Å². The van der Waals surface area contributed by atoms with Crippen molar-refractivity contribution >= 4 is 11.9 Å². The topological polar surface area (TPSA) is 175 Å². The molecule has 0 saturated carbocycles. The van der Waals surface area contributed by atoms with Gasteiger partial charge in [0, 0.05) is 6.42 Å². The van der Waals surface area contributed by atoms with Crippen molar-refractivity contribution in [2.45, 2.75) is 243 Å². The zero-order chi connectivity index (χ0) is 49.0. The summed E-state index contributed by atoms with van der Waals surface area (Å²) in [7, 11) is 0. The van der Waals surface area contributed by atoms with Crippen LogP contribution in [0.5, 0.6) is 0 Å². The molecule has 1 saturated heterocycles. The Morgan fingerprint density at radius 2 is 1.09 bits per heavy atom. The molecular formula is C56H95NO10. The number of hydrogen-bond acceptors (Lipinski definition) is 10. The Kier molecular flexibility index (Phi) is 40.7. The van der Waals surface area contributed by atoms with Crippen molar-refractivity contribution in [2.75, 3.05) is 13.2 Å². The summed E-state index contributed by atoms with van der Waals surface area (Å²) in [5.74, 6) is -1.28. The first-order chi connectivity index (χ1) is 32.7. The lowest BCUT2D eigenvalue weighted by atomic mass is 9.99. The van der Waals surface area contributed by atoms with Crippen LogP contribution in [-0.2, 0) is 23.8 Å². The molecule has 0 aromatic rings. The van der Waals surface area contributed by atoms with E-state index in [1.54, 1.807) is 6.08 Å². The maximum Gasteiger partial charge on any atom is 0.306 e. The first-order valence-electron chi connectivity index (χ1n) is 26.4. The van der Waals surface area contributed by atoms with Crippen molar-refractivity contribution in [1.82, 2.24) is 5.32 Å². The van der Waals surface area contributed by atoms with Crippen LogP contribution in [0.1, 0.15) is 194 Å². The molecule has 384 valence electrons. The van der Waals surface area contributed by atoms with E-state index in [0.717, 1.165) is 89.9 Å². The number of ether oxygens (including phenoxy) is 3. The van der Waals surface area contributed by atoms with Gasteiger partial charge in [-0.05, 0) is 83.5 Å². The van der Waals surface area contributed by atoms with E-state index in [9.17, 15) is 35.1 Å². The molecule has 1 heterocycles. The number of carbonyl (C=O) groups excluding carboxylic acids is 2. The average Bonchev–Trinajstić information content (AvgIpc) is 3.32. The molecule has 67 heavy (non-hydrogen) atoms. The van der Waals surface area contributed by atoms with Crippen LogP contribution < -0.4 is 5.32 Å². The molecule has 0 aromatic carbocycles. The van der Waals surface area contributed by atoms with E-state index in [2.05, 4.69) is 86.8 Å². The van der Waals surface area contributed by atoms with Gasteiger partial charge >= 0.3 is 5.97 Å². The van der Waals surface area contributed by atoms with Crippen LogP contribution in [0, 0.1) is 0 Å². The Bertz CT molecular complexity index is 1410. The smallest absolute Gasteiger partial charge is 0.306 e. The summed E-state index contributed by atoms with van der Waals surface area (Å²) >= 11 is 0. The Labute approximate surface area is 406 Å². The maximum absolute atomic E-state index is 13.3. The van der Waals surface area contributed by atoms with Crippen molar-refractivity contribution < 1.29 is 49.3 Å². The second-order valence-electron chi connectivity index (χ2n) is 17.9. The summed E-state index contributed by atoms with van der Waals surface area (Å²) in [5.41, 5.74) is 0. The fourth-order valence-corrected chi connectivity index (χ4v) is 7.55. The lowest BCUT2D eigenvalue weighted by Gasteiger charge is -2.41. The summed E-state index contributed by atoms with van der Waals surface area (Å²) in [6, 6.07) is -1.04. The van der Waals surface area contributed by atoms with Gasteiger partial charge in [0.2, 0.25) is 5.91 Å². The second-order valence-corrected chi connectivity index (χ2v) is 17.9. The molecule has 6 N–H and O–H groups in total. The minimum Gasteiger partial charge on any atom is -0.454 e. The van der Waals surface area contributed by atoms with Crippen LogP contribution in [0.2, 0.25) is 0 Å². The molecule has 1 fully saturated rings. The zero-order valence-corrected chi connectivity index (χ0v) is 42.0. The fraction of sp³-hybridized carbons (Fsp3) is 0.714. The lowest BCUT2D eigenvalue weighted by molar-refractivity contribution is -0.305. The molecule has 0 aromatic heterocycles. The van der Waals surface area contributed by atoms with Crippen molar-refractivity contribution in [2.24, 2.45) is 0 Å². The van der Waals surface area contributed by atoms with Crippen LogP contribution in [0.25, 0.3) is 0 Å². The van der Waals surface area contributed by atoms with Crippen molar-refractivity contribution in [3.8, 4) is 0 Å². The molecule has 1 amide bonds. The molecular weight excluding hydrogens is 847 g/mol. The summed E-state index contributed by atoms with van der Waals surface area (Å²) in [4.78, 5) is 26.3. The van der Waals surface area contributed by atoms with Crippen LogP contribution in [0.4, 0.5) is 0 Å². The number of nitrogens with one attached hydrogen (secondary N) is 1. The minimum absolute atomic E-state index is 0.0406. The number of aliphatic hydroxyl groups excluding tert-OH is 5. The third-order valence-electron chi connectivity index (χ3n) is 11.8. The standard InChI is InChI=1S/C56H95NO10/c1-4-7-10-13-16-19-22-23-24-25-26-27-29-32-35-38-41-44-51(61)67-54-53(63)52(62)50(45-58)66-56(54)65-46-47(48(59)42-39-36-33-31-28-20-17-14-11-8-5-2)57-55(64)49(60)43-40-37-34-30-21-18-15-12-9-6-3/h7,10,15-16,18-19,23-24,26-27,32,35,39,42,47-50,52-54,56,58-60,62-63H,4-6,8-9,11-14,17,20-22,25,28-31,33-34,36-38,40-41,43-46H2,1-3H3,(H,57,64)/b10-7-,18-15-,19-16-,24-23-,27-26-,35-32-,42-39+. The molecule has 1 rings (SSSR count). The van der Waals surface area contributed by atoms with E-state index in [1.807, 2.05) is 18.2 Å². The van der Waals surface area contributed by atoms with E-state index in [-0.39, 0.29) is 19.4 Å². The van der Waals surface area contributed by atoms with E-state index in [4.69, 9.17) is 14.2 Å². The summed E-state index contributed by atoms with van der Waals surface area (Å²) in [6.07, 6.45) is 45.0. The van der Waals surface area contributed by atoms with Gasteiger partial charge < -0.3 is 45.1 Å². The van der Waals surface area contributed by atoms with Crippen LogP contribution in [0.15, 0.2) is 85.1 Å². The first kappa shape index (κ1) is 61.9. The number of allylic oxidation sites excluding steroid dienone is 13. The van der Waals surface area contributed by atoms with Gasteiger partial charge in [-0.3, -0.25) is 9.59 Å². The predicted octanol–water partition coefficient (Wildman–Crippen LogP) is 11.0. The molecule has 11 nitrogen and oxygen atoms in total. The number of hydrogen-bond donors (Lipinski definition) is 6. The highest BCUT2D eigenvalue weighted by Gasteiger charge is 2.47. The van der Waals surface area contributed by atoms with E-state index >= 15 is 0 Å². The average molecular weight is 942 g/mol. The van der Waals surface area contributed by atoms with Gasteiger partial charge in [-0.1, -0.05) is 189 Å². The molecule has 8 atom stereocenters. The van der Waals surface area contributed by atoms with E-state index in [0.29, 0.717) is 19.3 Å². The monoisotopic (exact) mass is 942 g/mol. The third kappa shape index (κ3) is 33.1. The minimum atomic E-state index is -1.64. The Balaban J connectivity index is 2.80. The highest BCUT2D eigenvalue weighted by atomic mass is 16.7. The highest BCUT2D eigenvalue weighted by Crippen LogP contribution is 2.26. The molecule has 11 heteroatoms. The number of aliphatic hydroxyl groups is 5. The third-order valence-corrected chi connectivity index (χ3v) is 11.8. The van der Waals surface area contributed by atoms with Crippen molar-refractivity contribution in [3.05, 3.63) is 85.1 Å². The first-order valence-corrected chi connectivity index (χ1v) is 26.4. The van der Waals surface area contributed by atoms with Crippen molar-refractivity contribution in [1.29, 1.82) is 0 Å². The summed E-state index contributed by atoms with van der Waals surface area (Å²) in [6.45, 7) is 5.54. The largest absolute Gasteiger partial charge is 0.454 e. The number of amides is 1. The summed E-state index contributed by atoms with van der Waals surface area (Å²) < 4.78 is 17.4. The normalized spacial score (nSPS) is 20.7. The van der Waals surface area contributed by atoms with Gasteiger partial charge in [-0.2, -0.15) is 0 Å². The number of esters is 1. The number of carbonyl (C=O) groups is 2. The number of unbranched alkanes of at least 4 members (excludes halogenated alkanes) is 16. The van der Waals surface area contributed by atoms with Gasteiger partial charge in [-0.15, -0.1) is 0 Å². The van der Waals surface area contributed by atoms with E-state index < -0.39 is 67.4 Å². The fourth-order valence-electron chi connectivity index (χ4n) is 7.55. The zero-order valence-electron chi connectivity index (χ0n) is 42.0. The molecule has 8 unspecified atom stereocenters. The Morgan fingerprint density at radius 1 is 0.597 bits per heavy atom. The maximum atomic E-state index is 13.3. The highest BCUT2D eigenvalue weighted by molar-refractivity contribution is 5.80. The SMILES string of the molecule is CC/C=C\C/C=C\C/C=C\C/C=C\C/C=C\CCCC(=O)OC1C(OCC(NC(=O)C(O)CCCCCC/C=C\CCCC)C(O)/C=C/CCCCCCCCCCC)OC(CO)C(O)C1O. The van der Waals surface area contributed by atoms with Crippen LogP contribution in [0.3, 0.4) is 0 Å². The number of rotatable bonds is 42. The molecule has 0 bridgehead atoms. The second kappa shape index (κ2) is 44.1. The quantitative estimate of drug-likeness (QED) is 0.0196. The summed E-state index contributed by atoms with van der Waals surface area (Å²) in [5, 5.41) is 56.5. The van der Waals surface area contributed by atoms with Gasteiger partial charge in [0.1, 0.15) is 24.4 Å². The van der Waals surface area contributed by atoms with Gasteiger partial charge in [0.05, 0.1) is 25.4 Å². The van der Waals surface area contributed by atoms with E-state index in [1.165, 1.54) is 51.4 Å². The Morgan fingerprint density at radius 3 is 1.67 bits per heavy atom. The molecule has 0 radical (unpaired) electrons. The van der Waals surface area contributed by atoms with Crippen molar-refractivity contribution in [3.63, 3.8) is 0 Å². The molecule has 1 aliphatic heterocycles. The molecule has 0 aliphatic carbocycles. The van der Waals surface area contributed by atoms with Gasteiger partial charge in [0.15, 0.2) is 12.4 Å². The predicted molar refractivity (Wildman–Crippen MR) is 273 cm³/mol. The lowest BCUT2D eigenvalue weighted by Crippen LogP contribution is -2.61. The molecule has 0 spiro atoms.